The molecule has 6 rings (SSSR count). The Morgan fingerprint density at radius 1 is 1.02 bits per heavy atom. The van der Waals surface area contributed by atoms with Crippen molar-refractivity contribution in [2.75, 3.05) is 45.2 Å². The number of hydrogen-bond donors (Lipinski definition) is 6. The molecule has 2 saturated heterocycles. The SMILES string of the molecule is C=C[C@]1(C)C[C@@H](OC(=O)CSCCN(CC)CC)[C@@]2(C)C(C)CC[C@]3(CCC(=O)[C@H]32)[C@@H](C)[C@@H]1O.CN[C@@H]1[C@H](O)[C@H](NC)[C@H]2O[C@@]3(O)C(=O)C[C@@H](C)O[C@H]3O[C@@H]2[C@H]1O. The summed E-state index contributed by atoms with van der Waals surface area (Å²) in [6, 6.07) is -1.29. The minimum atomic E-state index is -2.23. The maximum Gasteiger partial charge on any atom is 0.316 e. The fourth-order valence-electron chi connectivity index (χ4n) is 11.3. The predicted octanol–water partition coefficient (Wildman–Crippen LogP) is 2.04. The Morgan fingerprint density at radius 3 is 2.30 bits per heavy atom. The second-order valence-corrected chi connectivity index (χ2v) is 19.1. The van der Waals surface area contributed by atoms with Crippen molar-refractivity contribution < 1.29 is 53.8 Å². The summed E-state index contributed by atoms with van der Waals surface area (Å²) in [6.45, 7) is 21.7. The minimum Gasteiger partial charge on any atom is -0.461 e. The summed E-state index contributed by atoms with van der Waals surface area (Å²) in [4.78, 5) is 41.1. The van der Waals surface area contributed by atoms with E-state index in [1.54, 1.807) is 32.8 Å². The molecule has 0 radical (unpaired) electrons. The standard InChI is InChI=1S/C28H47NO4S.C14H24N2O7/c1-8-26(6)17-22(33-23(31)18-34-16-15-29(9-2)10-3)27(7)19(4)11-13-28(20(5)25(26)32)14-12-21(30)24(27)28;1-5-4-6(17)14(20)13(21-5)22-12-10(19)7(15-2)9(18)8(16-3)11(12)23-14/h8,19-20,22,24-25,32H,1,9-18H2,2-7H3;5,7-13,15-16,18-20H,4H2,1-3H3/t19?,20-,22+,24-,25-,26+,27+,28-;5-,7-,8+,9+,10+,11-,12-,13+,14+/m01/s1. The van der Waals surface area contributed by atoms with Crippen LogP contribution in [0, 0.1) is 34.0 Å². The smallest absolute Gasteiger partial charge is 0.316 e. The van der Waals surface area contributed by atoms with Crippen LogP contribution in [-0.2, 0) is 33.3 Å². The fourth-order valence-corrected chi connectivity index (χ4v) is 12.0. The lowest BCUT2D eigenvalue weighted by Gasteiger charge is -2.61. The number of rotatable bonds is 11. The number of esters is 1. The van der Waals surface area contributed by atoms with Gasteiger partial charge in [-0.2, -0.15) is 0 Å². The van der Waals surface area contributed by atoms with Crippen LogP contribution in [0.5, 0.6) is 0 Å². The van der Waals surface area contributed by atoms with Gasteiger partial charge < -0.3 is 54.9 Å². The van der Waals surface area contributed by atoms with Gasteiger partial charge in [0.05, 0.1) is 36.1 Å². The fraction of sp³-hybridized carbons (Fsp3) is 0.881. The van der Waals surface area contributed by atoms with Crippen LogP contribution in [0.3, 0.4) is 0 Å². The van der Waals surface area contributed by atoms with Crippen molar-refractivity contribution in [1.29, 1.82) is 0 Å². The number of aliphatic hydroxyl groups excluding tert-OH is 3. The number of aliphatic hydroxyl groups is 4. The molecule has 0 aromatic heterocycles. The number of ether oxygens (including phenoxy) is 4. The second kappa shape index (κ2) is 18.2. The lowest BCUT2D eigenvalue weighted by atomic mass is 9.44. The van der Waals surface area contributed by atoms with E-state index in [2.05, 4.69) is 56.7 Å². The average molecular weight is 826 g/mol. The van der Waals surface area contributed by atoms with E-state index in [0.29, 0.717) is 24.4 Å². The molecule has 2 aliphatic heterocycles. The van der Waals surface area contributed by atoms with Crippen molar-refractivity contribution in [3.8, 4) is 0 Å². The van der Waals surface area contributed by atoms with Crippen LogP contribution in [0.2, 0.25) is 0 Å². The minimum absolute atomic E-state index is 0.00220. The molecule has 4 saturated carbocycles. The van der Waals surface area contributed by atoms with Gasteiger partial charge in [-0.05, 0) is 77.0 Å². The zero-order valence-corrected chi connectivity index (χ0v) is 36.4. The van der Waals surface area contributed by atoms with Crippen LogP contribution in [0.15, 0.2) is 12.7 Å². The Bertz CT molecular complexity index is 1460. The van der Waals surface area contributed by atoms with Gasteiger partial charge in [-0.1, -0.05) is 47.6 Å². The highest BCUT2D eigenvalue weighted by atomic mass is 32.2. The molecule has 14 nitrogen and oxygen atoms in total. The zero-order valence-electron chi connectivity index (χ0n) is 35.6. The molecular formula is C42H71N3O11S. The summed E-state index contributed by atoms with van der Waals surface area (Å²) in [6.07, 6.45) is -0.935. The van der Waals surface area contributed by atoms with E-state index < -0.39 is 83.5 Å². The first-order valence-electron chi connectivity index (χ1n) is 21.1. The number of hydrogen-bond acceptors (Lipinski definition) is 15. The molecule has 0 aromatic rings. The third-order valence-corrected chi connectivity index (χ3v) is 16.1. The molecule has 0 spiro atoms. The zero-order chi connectivity index (χ0) is 42.2. The normalized spacial score (nSPS) is 46.7. The van der Waals surface area contributed by atoms with Crippen LogP contribution in [0.25, 0.3) is 0 Å². The Labute approximate surface area is 343 Å². The number of nitrogens with one attached hydrogen (secondary N) is 2. The quantitative estimate of drug-likeness (QED) is 0.101. The highest BCUT2D eigenvalue weighted by Crippen LogP contribution is 2.68. The van der Waals surface area contributed by atoms with E-state index in [4.69, 9.17) is 18.9 Å². The summed E-state index contributed by atoms with van der Waals surface area (Å²) >= 11 is 1.61. The van der Waals surface area contributed by atoms with Crippen LogP contribution in [0.1, 0.15) is 87.0 Å². The Hall–Kier alpha value is -1.50. The van der Waals surface area contributed by atoms with Crippen molar-refractivity contribution in [3.63, 3.8) is 0 Å². The van der Waals surface area contributed by atoms with Crippen LogP contribution in [0.4, 0.5) is 0 Å². The number of carbonyl (C=O) groups excluding carboxylic acids is 3. The van der Waals surface area contributed by atoms with Gasteiger partial charge in [0.25, 0.3) is 5.79 Å². The van der Waals surface area contributed by atoms with Crippen molar-refractivity contribution in [1.82, 2.24) is 15.5 Å². The van der Waals surface area contributed by atoms with Gasteiger partial charge in [0.15, 0.2) is 5.78 Å². The number of likely N-dealkylation sites (N-methyl/N-ethyl adjacent to an activating group) is 2. The predicted molar refractivity (Wildman–Crippen MR) is 216 cm³/mol. The molecule has 6 fully saturated rings. The Balaban J connectivity index is 0.000000234. The van der Waals surface area contributed by atoms with E-state index in [9.17, 15) is 34.8 Å². The molecule has 15 heteroatoms. The van der Waals surface area contributed by atoms with E-state index in [0.717, 1.165) is 44.6 Å². The molecule has 4 aliphatic carbocycles. The molecule has 0 amide bonds. The summed E-state index contributed by atoms with van der Waals surface area (Å²) in [5, 5.41) is 48.8. The summed E-state index contributed by atoms with van der Waals surface area (Å²) in [5.41, 5.74) is -1.25. The Morgan fingerprint density at radius 2 is 1.68 bits per heavy atom. The van der Waals surface area contributed by atoms with Crippen LogP contribution < -0.4 is 10.6 Å². The first-order chi connectivity index (χ1) is 26.8. The molecular weight excluding hydrogens is 755 g/mol. The number of Topliss-reactive ketones (excluding diaryl/α,β-unsaturated/α-hetero) is 2. The molecule has 2 heterocycles. The molecule has 2 bridgehead atoms. The number of carbonyl (C=O) groups is 3. The van der Waals surface area contributed by atoms with Gasteiger partial charge in [-0.3, -0.25) is 14.4 Å². The van der Waals surface area contributed by atoms with Gasteiger partial charge in [0, 0.05) is 41.9 Å². The highest BCUT2D eigenvalue weighted by molar-refractivity contribution is 7.99. The summed E-state index contributed by atoms with van der Waals surface area (Å²) in [7, 11) is 3.24. The van der Waals surface area contributed by atoms with Crippen molar-refractivity contribution in [2.45, 2.75) is 154 Å². The maximum atomic E-state index is 13.4. The van der Waals surface area contributed by atoms with Gasteiger partial charge in [-0.15, -0.1) is 18.3 Å². The molecule has 57 heavy (non-hydrogen) atoms. The lowest BCUT2D eigenvalue weighted by Crippen LogP contribution is -2.77. The summed E-state index contributed by atoms with van der Waals surface area (Å²) < 4.78 is 23.1. The topological polar surface area (TPSA) is 196 Å². The molecule has 326 valence electrons. The first-order valence-corrected chi connectivity index (χ1v) is 22.3. The molecule has 6 N–H and O–H groups in total. The van der Waals surface area contributed by atoms with Crippen molar-refractivity contribution >= 4 is 29.3 Å². The largest absolute Gasteiger partial charge is 0.461 e. The number of ketones is 2. The molecule has 0 aromatic carbocycles. The lowest BCUT2D eigenvalue weighted by molar-refractivity contribution is -0.420. The van der Waals surface area contributed by atoms with Crippen molar-refractivity contribution in [2.24, 2.45) is 34.0 Å². The molecule has 17 atom stereocenters. The second-order valence-electron chi connectivity index (χ2n) is 18.0. The number of nitrogens with zero attached hydrogens (tertiary/aromatic N) is 1. The highest BCUT2D eigenvalue weighted by Gasteiger charge is 2.68. The van der Waals surface area contributed by atoms with E-state index in [1.165, 1.54) is 0 Å². The van der Waals surface area contributed by atoms with Crippen LogP contribution >= 0.6 is 11.8 Å². The van der Waals surface area contributed by atoms with Gasteiger partial charge in [0.2, 0.25) is 6.29 Å². The van der Waals surface area contributed by atoms with Gasteiger partial charge in [0.1, 0.15) is 30.2 Å². The first kappa shape index (κ1) is 46.6. The van der Waals surface area contributed by atoms with E-state index in [-0.39, 0.29) is 35.6 Å². The average Bonchev–Trinajstić information content (AvgIpc) is 3.53. The van der Waals surface area contributed by atoms with E-state index in [1.807, 2.05) is 13.0 Å². The van der Waals surface area contributed by atoms with Crippen molar-refractivity contribution in [3.05, 3.63) is 12.7 Å². The van der Waals surface area contributed by atoms with Gasteiger partial charge in [-0.25, -0.2) is 0 Å². The third kappa shape index (κ3) is 8.30. The number of fused-ring (bicyclic) bond motifs is 2. The van der Waals surface area contributed by atoms with Gasteiger partial charge >= 0.3 is 5.97 Å². The third-order valence-electron chi connectivity index (χ3n) is 15.2. The van der Waals surface area contributed by atoms with E-state index >= 15 is 0 Å². The molecule has 6 aliphatic rings. The maximum absolute atomic E-state index is 13.4. The Kier molecular flexibility index (Phi) is 14.9. The number of thioether (sulfide) groups is 1. The monoisotopic (exact) mass is 825 g/mol. The van der Waals surface area contributed by atoms with Crippen LogP contribution in [-0.4, -0.2) is 155 Å². The summed E-state index contributed by atoms with van der Waals surface area (Å²) in [5.74, 6) is -1.39. The molecule has 1 unspecified atom stereocenters.